The highest BCUT2D eigenvalue weighted by molar-refractivity contribution is 6.09. The molecule has 0 N–H and O–H groups in total. The van der Waals surface area contributed by atoms with Gasteiger partial charge in [-0.3, -0.25) is 0 Å². The second-order valence-electron chi connectivity index (χ2n) is 12.4. The number of fused-ring (bicyclic) bond motifs is 3. The number of benzene rings is 7. The molecule has 0 spiro atoms. The topological polar surface area (TPSA) is 17.8 Å². The molecule has 9 rings (SSSR count). The van der Waals surface area contributed by atoms with E-state index in [4.69, 9.17) is 4.98 Å². The minimum atomic E-state index is 0.968. The maximum absolute atomic E-state index is 5.06. The zero-order valence-corrected chi connectivity index (χ0v) is 26.9. The first-order chi connectivity index (χ1) is 24.3. The van der Waals surface area contributed by atoms with Crippen molar-refractivity contribution in [2.75, 3.05) is 0 Å². The van der Waals surface area contributed by atoms with E-state index in [-0.39, 0.29) is 0 Å². The molecule has 0 bridgehead atoms. The van der Waals surface area contributed by atoms with E-state index in [0.29, 0.717) is 0 Å². The highest BCUT2D eigenvalue weighted by Gasteiger charge is 2.13. The molecule has 2 heteroatoms. The van der Waals surface area contributed by atoms with E-state index in [9.17, 15) is 0 Å². The van der Waals surface area contributed by atoms with Gasteiger partial charge in [0, 0.05) is 27.6 Å². The molecule has 0 radical (unpaired) electrons. The quantitative estimate of drug-likeness (QED) is 0.180. The summed E-state index contributed by atoms with van der Waals surface area (Å²) < 4.78 is 2.36. The van der Waals surface area contributed by atoms with Crippen LogP contribution >= 0.6 is 0 Å². The van der Waals surface area contributed by atoms with Crippen molar-refractivity contribution in [1.82, 2.24) is 9.55 Å². The number of nitrogens with zero attached hydrogens (tertiary/aromatic N) is 2. The molecule has 0 fully saturated rings. The molecule has 49 heavy (non-hydrogen) atoms. The molecule has 0 unspecified atom stereocenters. The molecule has 0 amide bonds. The first kappa shape index (κ1) is 28.7. The maximum atomic E-state index is 5.06. The summed E-state index contributed by atoms with van der Waals surface area (Å²) in [6.45, 7) is 0. The van der Waals surface area contributed by atoms with E-state index in [2.05, 4.69) is 187 Å². The predicted molar refractivity (Wildman–Crippen MR) is 206 cm³/mol. The number of aromatic nitrogens is 2. The van der Waals surface area contributed by atoms with Crippen molar-refractivity contribution < 1.29 is 0 Å². The van der Waals surface area contributed by atoms with Crippen LogP contribution in [0, 0.1) is 0 Å². The van der Waals surface area contributed by atoms with E-state index >= 15 is 0 Å². The van der Waals surface area contributed by atoms with E-state index in [1.807, 2.05) is 12.1 Å². The molecular formula is C47H32N2. The lowest BCUT2D eigenvalue weighted by atomic mass is 9.95. The Morgan fingerprint density at radius 2 is 0.694 bits per heavy atom. The molecule has 2 nitrogen and oxygen atoms in total. The molecule has 0 aliphatic heterocycles. The highest BCUT2D eigenvalue weighted by Crippen LogP contribution is 2.35. The number of para-hydroxylation sites is 2. The van der Waals surface area contributed by atoms with Crippen LogP contribution in [-0.4, -0.2) is 9.55 Å². The fourth-order valence-corrected chi connectivity index (χ4v) is 6.95. The molecule has 2 heterocycles. The number of hydrogen-bond acceptors (Lipinski definition) is 1. The lowest BCUT2D eigenvalue weighted by molar-refractivity contribution is 1.18. The Kier molecular flexibility index (Phi) is 7.18. The van der Waals surface area contributed by atoms with Crippen molar-refractivity contribution in [1.29, 1.82) is 0 Å². The van der Waals surface area contributed by atoms with Crippen molar-refractivity contribution in [3.8, 4) is 61.6 Å². The van der Waals surface area contributed by atoms with Gasteiger partial charge >= 0.3 is 0 Å². The summed E-state index contributed by atoms with van der Waals surface area (Å²) in [5.74, 6) is 0. The number of rotatable bonds is 6. The third-order valence-corrected chi connectivity index (χ3v) is 9.42. The zero-order chi connectivity index (χ0) is 32.6. The van der Waals surface area contributed by atoms with E-state index < -0.39 is 0 Å². The first-order valence-electron chi connectivity index (χ1n) is 16.7. The maximum Gasteiger partial charge on any atom is 0.0715 e. The molecule has 230 valence electrons. The van der Waals surface area contributed by atoms with Crippen molar-refractivity contribution in [2.45, 2.75) is 0 Å². The van der Waals surface area contributed by atoms with Crippen LogP contribution in [0.4, 0.5) is 0 Å². The smallest absolute Gasteiger partial charge is 0.0715 e. The van der Waals surface area contributed by atoms with Gasteiger partial charge in [-0.15, -0.1) is 0 Å². The summed E-state index contributed by atoms with van der Waals surface area (Å²) in [6.07, 6.45) is 0. The van der Waals surface area contributed by atoms with E-state index in [0.717, 1.165) is 33.8 Å². The van der Waals surface area contributed by atoms with Crippen LogP contribution in [0.5, 0.6) is 0 Å². The Hall–Kier alpha value is -6.51. The molecule has 0 saturated heterocycles. The van der Waals surface area contributed by atoms with Gasteiger partial charge in [-0.1, -0.05) is 152 Å². The molecule has 0 aliphatic rings. The van der Waals surface area contributed by atoms with Crippen LogP contribution in [0.15, 0.2) is 194 Å². The summed E-state index contributed by atoms with van der Waals surface area (Å²) >= 11 is 0. The van der Waals surface area contributed by atoms with Crippen molar-refractivity contribution in [3.05, 3.63) is 194 Å². The highest BCUT2D eigenvalue weighted by atomic mass is 15.0. The molecule has 0 atom stereocenters. The van der Waals surface area contributed by atoms with Crippen LogP contribution < -0.4 is 0 Å². The van der Waals surface area contributed by atoms with Gasteiger partial charge in [0.1, 0.15) is 0 Å². The van der Waals surface area contributed by atoms with Crippen LogP contribution in [0.25, 0.3) is 83.4 Å². The van der Waals surface area contributed by atoms with Crippen LogP contribution in [0.3, 0.4) is 0 Å². The molecule has 0 aliphatic carbocycles. The standard InChI is InChI=1S/C47H32N2/c1-3-12-36(13-4-1)44-31-40(32-45(48-44)37-14-5-2-6-15-37)39-17-11-16-38(30-39)35-24-22-33(23-25-35)34-26-28-41(29-27-34)49-46-20-9-7-18-42(46)43-19-8-10-21-47(43)49/h1-32H. The number of pyridine rings is 1. The van der Waals surface area contributed by atoms with E-state index in [1.54, 1.807) is 0 Å². The van der Waals surface area contributed by atoms with Gasteiger partial charge in [0.25, 0.3) is 0 Å². The SMILES string of the molecule is c1ccc(-c2cc(-c3cccc(-c4ccc(-c5ccc(-n6c7ccccc7c7ccccc76)cc5)cc4)c3)cc(-c3ccccc3)n2)cc1. The van der Waals surface area contributed by atoms with Crippen LogP contribution in [0.1, 0.15) is 0 Å². The molecule has 0 saturated carbocycles. The van der Waals surface area contributed by atoms with Gasteiger partial charge in [-0.05, 0) is 75.8 Å². The van der Waals surface area contributed by atoms with Crippen molar-refractivity contribution in [3.63, 3.8) is 0 Å². The van der Waals surface area contributed by atoms with Crippen molar-refractivity contribution >= 4 is 21.8 Å². The van der Waals surface area contributed by atoms with Gasteiger partial charge in [-0.2, -0.15) is 0 Å². The molecule has 7 aromatic carbocycles. The third kappa shape index (κ3) is 5.40. The first-order valence-corrected chi connectivity index (χ1v) is 16.7. The molecular weight excluding hydrogens is 593 g/mol. The summed E-state index contributed by atoms with van der Waals surface area (Å²) in [5.41, 5.74) is 14.8. The summed E-state index contributed by atoms with van der Waals surface area (Å²) in [5, 5.41) is 2.55. The number of hydrogen-bond donors (Lipinski definition) is 0. The Morgan fingerprint density at radius 1 is 0.286 bits per heavy atom. The second-order valence-corrected chi connectivity index (χ2v) is 12.4. The van der Waals surface area contributed by atoms with Gasteiger partial charge in [0.05, 0.1) is 22.4 Å². The van der Waals surface area contributed by atoms with Crippen LogP contribution in [0.2, 0.25) is 0 Å². The third-order valence-electron chi connectivity index (χ3n) is 9.42. The lowest BCUT2D eigenvalue weighted by Gasteiger charge is -2.12. The predicted octanol–water partition coefficient (Wildman–Crippen LogP) is 12.5. The van der Waals surface area contributed by atoms with Gasteiger partial charge in [0.15, 0.2) is 0 Å². The van der Waals surface area contributed by atoms with Gasteiger partial charge < -0.3 is 4.57 Å². The molecule has 9 aromatic rings. The second kappa shape index (κ2) is 12.3. The molecule has 2 aromatic heterocycles. The van der Waals surface area contributed by atoms with Gasteiger partial charge in [0.2, 0.25) is 0 Å². The fourth-order valence-electron chi connectivity index (χ4n) is 6.95. The monoisotopic (exact) mass is 624 g/mol. The van der Waals surface area contributed by atoms with E-state index in [1.165, 1.54) is 49.6 Å². The van der Waals surface area contributed by atoms with Crippen molar-refractivity contribution in [2.24, 2.45) is 0 Å². The Bertz CT molecular complexity index is 2450. The summed E-state index contributed by atoms with van der Waals surface area (Å²) in [4.78, 5) is 5.06. The van der Waals surface area contributed by atoms with Gasteiger partial charge in [-0.25, -0.2) is 4.98 Å². The lowest BCUT2D eigenvalue weighted by Crippen LogP contribution is -1.93. The summed E-state index contributed by atoms with van der Waals surface area (Å²) in [6, 6.07) is 69.2. The largest absolute Gasteiger partial charge is 0.309 e. The Morgan fingerprint density at radius 3 is 1.22 bits per heavy atom. The minimum Gasteiger partial charge on any atom is -0.309 e. The fraction of sp³-hybridized carbons (Fsp3) is 0. The zero-order valence-electron chi connectivity index (χ0n) is 26.9. The normalized spacial score (nSPS) is 11.3. The Balaban J connectivity index is 1.03. The average Bonchev–Trinajstić information content (AvgIpc) is 3.53. The summed E-state index contributed by atoms with van der Waals surface area (Å²) in [7, 11) is 0. The minimum absolute atomic E-state index is 0.968. The Labute approximate surface area is 286 Å². The van der Waals surface area contributed by atoms with Crippen LogP contribution in [-0.2, 0) is 0 Å². The average molecular weight is 625 g/mol.